The summed E-state index contributed by atoms with van der Waals surface area (Å²) in [5, 5.41) is 11.1. The monoisotopic (exact) mass is 280 g/mol. The number of hydrogen-bond acceptors (Lipinski definition) is 4. The van der Waals surface area contributed by atoms with Crippen molar-refractivity contribution >= 4 is 16.8 Å². The molecule has 0 saturated carbocycles. The molecule has 2 aromatic carbocycles. The number of furan rings is 1. The number of rotatable bonds is 1. The van der Waals surface area contributed by atoms with Gasteiger partial charge in [0.05, 0.1) is 5.56 Å². The van der Waals surface area contributed by atoms with E-state index in [9.17, 15) is 9.90 Å². The standard InChI is InChI=1S/C17H12O4/c18-15-11-6-2-4-8-13(11)21-17(16(15)19)14-9-10-5-1-3-7-12(10)20-14/h1-9,16-17,19H. The van der Waals surface area contributed by atoms with E-state index in [1.54, 1.807) is 30.3 Å². The molecule has 1 aliphatic heterocycles. The highest BCUT2D eigenvalue weighted by Gasteiger charge is 2.38. The summed E-state index contributed by atoms with van der Waals surface area (Å²) in [6.45, 7) is 0. The molecule has 0 spiro atoms. The number of Topliss-reactive ketones (excluding diaryl/α,β-unsaturated/α-hetero) is 1. The molecule has 21 heavy (non-hydrogen) atoms. The number of carbonyl (C=O) groups excluding carboxylic acids is 1. The molecule has 0 radical (unpaired) electrons. The van der Waals surface area contributed by atoms with Gasteiger partial charge in [-0.3, -0.25) is 4.79 Å². The molecule has 1 aromatic heterocycles. The van der Waals surface area contributed by atoms with Gasteiger partial charge >= 0.3 is 0 Å². The molecule has 0 amide bonds. The molecule has 2 atom stereocenters. The SMILES string of the molecule is O=C1c2ccccc2OC(c2cc3ccccc3o2)C1O. The van der Waals surface area contributed by atoms with Gasteiger partial charge in [0.15, 0.2) is 18.0 Å². The molecular weight excluding hydrogens is 268 g/mol. The van der Waals surface area contributed by atoms with Crippen molar-refractivity contribution in [1.29, 1.82) is 0 Å². The molecule has 4 heteroatoms. The van der Waals surface area contributed by atoms with Crippen LogP contribution in [-0.4, -0.2) is 17.0 Å². The molecule has 0 saturated heterocycles. The summed E-state index contributed by atoms with van der Waals surface area (Å²) < 4.78 is 11.5. The van der Waals surface area contributed by atoms with Gasteiger partial charge in [-0.05, 0) is 24.3 Å². The minimum absolute atomic E-state index is 0.345. The topological polar surface area (TPSA) is 59.7 Å². The third-order valence-corrected chi connectivity index (χ3v) is 3.69. The van der Waals surface area contributed by atoms with E-state index in [2.05, 4.69) is 0 Å². The van der Waals surface area contributed by atoms with Crippen LogP contribution < -0.4 is 4.74 Å². The summed E-state index contributed by atoms with van der Waals surface area (Å²) in [5.41, 5.74) is 1.10. The second kappa shape index (κ2) is 4.46. The Kier molecular flexibility index (Phi) is 2.59. The number of aliphatic hydroxyl groups excluding tert-OH is 1. The molecule has 1 N–H and O–H groups in total. The first-order valence-electron chi connectivity index (χ1n) is 6.70. The van der Waals surface area contributed by atoms with Crippen molar-refractivity contribution in [2.24, 2.45) is 0 Å². The summed E-state index contributed by atoms with van der Waals surface area (Å²) in [6.07, 6.45) is -2.08. The predicted octanol–water partition coefficient (Wildman–Crippen LogP) is 3.11. The van der Waals surface area contributed by atoms with Crippen molar-refractivity contribution in [2.75, 3.05) is 0 Å². The first-order chi connectivity index (χ1) is 10.2. The number of fused-ring (bicyclic) bond motifs is 2. The van der Waals surface area contributed by atoms with E-state index < -0.39 is 12.2 Å². The minimum atomic E-state index is -1.26. The number of aliphatic hydroxyl groups is 1. The molecule has 2 unspecified atom stereocenters. The van der Waals surface area contributed by atoms with Gasteiger partial charge in [0.25, 0.3) is 0 Å². The van der Waals surface area contributed by atoms with Crippen molar-refractivity contribution < 1.29 is 19.1 Å². The van der Waals surface area contributed by atoms with Crippen LogP contribution in [-0.2, 0) is 0 Å². The van der Waals surface area contributed by atoms with Crippen molar-refractivity contribution in [3.63, 3.8) is 0 Å². The Bertz CT molecular complexity index is 800. The van der Waals surface area contributed by atoms with E-state index in [1.807, 2.05) is 24.3 Å². The van der Waals surface area contributed by atoms with E-state index in [1.165, 1.54) is 0 Å². The van der Waals surface area contributed by atoms with Gasteiger partial charge in [0.1, 0.15) is 17.1 Å². The van der Waals surface area contributed by atoms with Crippen LogP contribution >= 0.6 is 0 Å². The first-order valence-corrected chi connectivity index (χ1v) is 6.70. The Morgan fingerprint density at radius 1 is 1.00 bits per heavy atom. The van der Waals surface area contributed by atoms with Crippen molar-refractivity contribution in [2.45, 2.75) is 12.2 Å². The zero-order chi connectivity index (χ0) is 14.4. The maximum Gasteiger partial charge on any atom is 0.199 e. The fourth-order valence-electron chi connectivity index (χ4n) is 2.63. The molecule has 0 bridgehead atoms. The zero-order valence-electron chi connectivity index (χ0n) is 11.0. The Labute approximate surface area is 120 Å². The molecule has 3 aromatic rings. The summed E-state index contributed by atoms with van der Waals surface area (Å²) in [5.74, 6) is 0.576. The maximum atomic E-state index is 12.2. The average molecular weight is 280 g/mol. The van der Waals surface area contributed by atoms with Gasteiger partial charge in [0, 0.05) is 5.39 Å². The number of para-hydroxylation sites is 2. The number of carbonyl (C=O) groups is 1. The molecule has 0 fully saturated rings. The third kappa shape index (κ3) is 1.84. The largest absolute Gasteiger partial charge is 0.478 e. The Morgan fingerprint density at radius 2 is 1.76 bits per heavy atom. The molecule has 0 aliphatic carbocycles. The number of hydrogen-bond donors (Lipinski definition) is 1. The third-order valence-electron chi connectivity index (χ3n) is 3.69. The Morgan fingerprint density at radius 3 is 2.62 bits per heavy atom. The minimum Gasteiger partial charge on any atom is -0.478 e. The molecule has 104 valence electrons. The fraction of sp³-hybridized carbons (Fsp3) is 0.118. The summed E-state index contributed by atoms with van der Waals surface area (Å²) >= 11 is 0. The quantitative estimate of drug-likeness (QED) is 0.744. The van der Waals surface area contributed by atoms with Crippen LogP contribution in [0.5, 0.6) is 5.75 Å². The maximum absolute atomic E-state index is 12.2. The highest BCUT2D eigenvalue weighted by atomic mass is 16.5. The Hall–Kier alpha value is -2.59. The van der Waals surface area contributed by atoms with Crippen LogP contribution in [0.3, 0.4) is 0 Å². The van der Waals surface area contributed by atoms with Crippen LogP contribution in [0.15, 0.2) is 59.0 Å². The van der Waals surface area contributed by atoms with Crippen LogP contribution in [0.25, 0.3) is 11.0 Å². The molecule has 4 rings (SSSR count). The van der Waals surface area contributed by atoms with E-state index in [-0.39, 0.29) is 5.78 Å². The smallest absolute Gasteiger partial charge is 0.199 e. The van der Waals surface area contributed by atoms with Crippen LogP contribution in [0.2, 0.25) is 0 Å². The van der Waals surface area contributed by atoms with Crippen LogP contribution in [0.4, 0.5) is 0 Å². The van der Waals surface area contributed by atoms with Crippen LogP contribution in [0, 0.1) is 0 Å². The van der Waals surface area contributed by atoms with Crippen molar-refractivity contribution in [1.82, 2.24) is 0 Å². The van der Waals surface area contributed by atoms with Gasteiger partial charge < -0.3 is 14.3 Å². The van der Waals surface area contributed by atoms with E-state index in [4.69, 9.17) is 9.15 Å². The van der Waals surface area contributed by atoms with Gasteiger partial charge in [-0.2, -0.15) is 0 Å². The van der Waals surface area contributed by atoms with Gasteiger partial charge in [-0.25, -0.2) is 0 Å². The molecule has 4 nitrogen and oxygen atoms in total. The van der Waals surface area contributed by atoms with Crippen molar-refractivity contribution in [3.8, 4) is 5.75 Å². The zero-order valence-corrected chi connectivity index (χ0v) is 11.0. The first kappa shape index (κ1) is 12.2. The van der Waals surface area contributed by atoms with E-state index in [0.29, 0.717) is 22.7 Å². The van der Waals surface area contributed by atoms with Gasteiger partial charge in [-0.1, -0.05) is 30.3 Å². The number of ether oxygens (including phenoxy) is 1. The fourth-order valence-corrected chi connectivity index (χ4v) is 2.63. The second-order valence-corrected chi connectivity index (χ2v) is 5.03. The summed E-state index contributed by atoms with van der Waals surface area (Å²) in [6, 6.07) is 16.2. The predicted molar refractivity (Wildman–Crippen MR) is 76.4 cm³/mol. The second-order valence-electron chi connectivity index (χ2n) is 5.03. The van der Waals surface area contributed by atoms with Gasteiger partial charge in [-0.15, -0.1) is 0 Å². The van der Waals surface area contributed by atoms with E-state index in [0.717, 1.165) is 5.39 Å². The highest BCUT2D eigenvalue weighted by molar-refractivity contribution is 6.03. The summed E-state index contributed by atoms with van der Waals surface area (Å²) in [7, 11) is 0. The summed E-state index contributed by atoms with van der Waals surface area (Å²) in [4.78, 5) is 12.2. The van der Waals surface area contributed by atoms with Gasteiger partial charge in [0.2, 0.25) is 0 Å². The lowest BCUT2D eigenvalue weighted by Gasteiger charge is -2.27. The molecule has 1 aliphatic rings. The Balaban J connectivity index is 1.80. The number of benzene rings is 2. The molecule has 2 heterocycles. The highest BCUT2D eigenvalue weighted by Crippen LogP contribution is 2.36. The lowest BCUT2D eigenvalue weighted by molar-refractivity contribution is 0.0141. The number of ketones is 1. The van der Waals surface area contributed by atoms with Crippen LogP contribution in [0.1, 0.15) is 22.2 Å². The average Bonchev–Trinajstić information content (AvgIpc) is 2.94. The lowest BCUT2D eigenvalue weighted by atomic mass is 9.96. The van der Waals surface area contributed by atoms with E-state index >= 15 is 0 Å². The normalized spacial score (nSPS) is 21.1. The molecular formula is C17H12O4. The van der Waals surface area contributed by atoms with Crippen molar-refractivity contribution in [3.05, 3.63) is 65.9 Å². The lowest BCUT2D eigenvalue weighted by Crippen LogP contribution is -2.35.